The first-order chi connectivity index (χ1) is 6.72. The first kappa shape index (κ1) is 11.3. The van der Waals surface area contributed by atoms with Crippen molar-refractivity contribution in [1.82, 2.24) is 9.88 Å². The van der Waals surface area contributed by atoms with Crippen LogP contribution < -0.4 is 5.32 Å². The molecule has 0 spiro atoms. The monoisotopic (exact) mass is 196 g/mol. The van der Waals surface area contributed by atoms with Gasteiger partial charge in [-0.3, -0.25) is 0 Å². The summed E-state index contributed by atoms with van der Waals surface area (Å²) < 4.78 is 2.05. The maximum Gasteiger partial charge on any atom is 0.0431 e. The summed E-state index contributed by atoms with van der Waals surface area (Å²) in [7, 11) is 2.03. The molecule has 3 heteroatoms. The van der Waals surface area contributed by atoms with Crippen LogP contribution in [0.4, 0.5) is 0 Å². The van der Waals surface area contributed by atoms with Gasteiger partial charge in [0.05, 0.1) is 0 Å². The number of hydrogen-bond donors (Lipinski definition) is 2. The molecule has 1 unspecified atom stereocenters. The number of hydrogen-bond acceptors (Lipinski definition) is 2. The molecule has 0 aromatic carbocycles. The van der Waals surface area contributed by atoms with Crippen LogP contribution in [-0.4, -0.2) is 22.3 Å². The maximum absolute atomic E-state index is 8.67. The highest BCUT2D eigenvalue weighted by molar-refractivity contribution is 5.09. The van der Waals surface area contributed by atoms with Gasteiger partial charge in [0.15, 0.2) is 0 Å². The first-order valence-corrected chi connectivity index (χ1v) is 5.17. The zero-order valence-electron chi connectivity index (χ0n) is 9.03. The molecule has 1 atom stereocenters. The number of aromatic nitrogens is 1. The molecule has 0 radical (unpaired) electrons. The molecule has 0 aliphatic heterocycles. The Labute approximate surface area is 85.7 Å². The Kier molecular flexibility index (Phi) is 4.70. The van der Waals surface area contributed by atoms with Gasteiger partial charge in [0.25, 0.3) is 0 Å². The van der Waals surface area contributed by atoms with E-state index in [0.717, 1.165) is 19.4 Å². The van der Waals surface area contributed by atoms with Crippen molar-refractivity contribution in [3.8, 4) is 0 Å². The summed E-state index contributed by atoms with van der Waals surface area (Å²) >= 11 is 0. The summed E-state index contributed by atoms with van der Waals surface area (Å²) in [5.41, 5.74) is 1.31. The van der Waals surface area contributed by atoms with E-state index in [9.17, 15) is 0 Å². The molecule has 0 aliphatic carbocycles. The maximum atomic E-state index is 8.67. The van der Waals surface area contributed by atoms with Crippen molar-refractivity contribution in [3.63, 3.8) is 0 Å². The molecule has 0 saturated carbocycles. The number of aliphatic hydroxyl groups excluding tert-OH is 1. The lowest BCUT2D eigenvalue weighted by molar-refractivity contribution is 0.276. The van der Waals surface area contributed by atoms with E-state index in [1.807, 2.05) is 7.05 Å². The number of nitrogens with one attached hydrogen (secondary N) is 1. The molecule has 14 heavy (non-hydrogen) atoms. The fourth-order valence-corrected chi connectivity index (χ4v) is 1.46. The molecule has 80 valence electrons. The molecule has 1 aromatic heterocycles. The average molecular weight is 196 g/mol. The average Bonchev–Trinajstić information content (AvgIpc) is 2.58. The lowest BCUT2D eigenvalue weighted by atomic mass is 10.2. The van der Waals surface area contributed by atoms with Gasteiger partial charge in [0.2, 0.25) is 0 Å². The van der Waals surface area contributed by atoms with E-state index in [1.165, 1.54) is 5.56 Å². The number of rotatable bonds is 6. The minimum Gasteiger partial charge on any atom is -0.396 e. The Morgan fingerprint density at radius 1 is 1.57 bits per heavy atom. The van der Waals surface area contributed by atoms with Crippen LogP contribution in [0.25, 0.3) is 0 Å². The molecule has 2 N–H and O–H groups in total. The van der Waals surface area contributed by atoms with Crippen molar-refractivity contribution < 1.29 is 5.11 Å². The second kappa shape index (κ2) is 5.83. The summed E-state index contributed by atoms with van der Waals surface area (Å²) in [6.45, 7) is 3.35. The number of aryl methyl sites for hydroxylation is 1. The number of aliphatic hydroxyl groups is 1. The Morgan fingerprint density at radius 3 is 2.93 bits per heavy atom. The molecule has 0 aliphatic rings. The van der Waals surface area contributed by atoms with Crippen molar-refractivity contribution in [1.29, 1.82) is 0 Å². The van der Waals surface area contributed by atoms with Crippen LogP contribution in [0.2, 0.25) is 0 Å². The molecular formula is C11H20N2O. The van der Waals surface area contributed by atoms with E-state index in [2.05, 4.69) is 35.3 Å². The summed E-state index contributed by atoms with van der Waals surface area (Å²) in [5.74, 6) is 0. The smallest absolute Gasteiger partial charge is 0.0431 e. The Balaban J connectivity index is 2.20. The molecule has 0 saturated heterocycles. The van der Waals surface area contributed by atoms with Gasteiger partial charge in [0, 0.05) is 38.6 Å². The summed E-state index contributed by atoms with van der Waals surface area (Å²) in [5, 5.41) is 12.1. The van der Waals surface area contributed by atoms with Crippen LogP contribution in [0.5, 0.6) is 0 Å². The van der Waals surface area contributed by atoms with Gasteiger partial charge in [-0.25, -0.2) is 0 Å². The molecule has 1 aromatic rings. The van der Waals surface area contributed by atoms with Crippen molar-refractivity contribution in [3.05, 3.63) is 24.0 Å². The first-order valence-electron chi connectivity index (χ1n) is 5.17. The fourth-order valence-electron chi connectivity index (χ4n) is 1.46. The summed E-state index contributed by atoms with van der Waals surface area (Å²) in [6, 6.07) is 2.59. The van der Waals surface area contributed by atoms with Crippen LogP contribution in [-0.2, 0) is 13.6 Å². The van der Waals surface area contributed by atoms with Crippen LogP contribution in [0.3, 0.4) is 0 Å². The third kappa shape index (κ3) is 3.94. The highest BCUT2D eigenvalue weighted by Gasteiger charge is 2.01. The van der Waals surface area contributed by atoms with Crippen molar-refractivity contribution in [2.24, 2.45) is 7.05 Å². The van der Waals surface area contributed by atoms with E-state index < -0.39 is 0 Å². The van der Waals surface area contributed by atoms with Gasteiger partial charge in [0.1, 0.15) is 0 Å². The zero-order valence-corrected chi connectivity index (χ0v) is 9.03. The number of nitrogens with zero attached hydrogens (tertiary/aromatic N) is 1. The van der Waals surface area contributed by atoms with E-state index in [4.69, 9.17) is 5.11 Å². The quantitative estimate of drug-likeness (QED) is 0.719. The predicted molar refractivity (Wildman–Crippen MR) is 58.0 cm³/mol. The molecule has 0 bridgehead atoms. The largest absolute Gasteiger partial charge is 0.396 e. The van der Waals surface area contributed by atoms with E-state index in [-0.39, 0.29) is 6.61 Å². The molecule has 1 rings (SSSR count). The third-order valence-electron chi connectivity index (χ3n) is 2.34. The molecule has 0 fully saturated rings. The van der Waals surface area contributed by atoms with Gasteiger partial charge in [-0.1, -0.05) is 0 Å². The van der Waals surface area contributed by atoms with Gasteiger partial charge >= 0.3 is 0 Å². The highest BCUT2D eigenvalue weighted by atomic mass is 16.2. The van der Waals surface area contributed by atoms with Crippen LogP contribution in [0, 0.1) is 0 Å². The van der Waals surface area contributed by atoms with Gasteiger partial charge in [-0.05, 0) is 31.4 Å². The normalized spacial score (nSPS) is 13.1. The lowest BCUT2D eigenvalue weighted by Crippen LogP contribution is -2.25. The summed E-state index contributed by atoms with van der Waals surface area (Å²) in [6.07, 6.45) is 6.08. The van der Waals surface area contributed by atoms with Crippen molar-refractivity contribution >= 4 is 0 Å². The Morgan fingerprint density at radius 2 is 2.36 bits per heavy atom. The fraction of sp³-hybridized carbons (Fsp3) is 0.636. The molecule has 1 heterocycles. The zero-order chi connectivity index (χ0) is 10.4. The topological polar surface area (TPSA) is 37.2 Å². The van der Waals surface area contributed by atoms with Crippen LogP contribution >= 0.6 is 0 Å². The van der Waals surface area contributed by atoms with E-state index in [1.54, 1.807) is 0 Å². The van der Waals surface area contributed by atoms with Crippen molar-refractivity contribution in [2.45, 2.75) is 32.4 Å². The Hall–Kier alpha value is -0.800. The molecule has 0 amide bonds. The van der Waals surface area contributed by atoms with Crippen molar-refractivity contribution in [2.75, 3.05) is 6.61 Å². The highest BCUT2D eigenvalue weighted by Crippen LogP contribution is 2.01. The summed E-state index contributed by atoms with van der Waals surface area (Å²) in [4.78, 5) is 0. The standard InChI is InChI=1S/C11H20N2O/c1-10(4-3-7-14)12-8-11-5-6-13(2)9-11/h5-6,9-10,12,14H,3-4,7-8H2,1-2H3. The van der Waals surface area contributed by atoms with E-state index in [0.29, 0.717) is 6.04 Å². The molecular weight excluding hydrogens is 176 g/mol. The third-order valence-corrected chi connectivity index (χ3v) is 2.34. The van der Waals surface area contributed by atoms with Crippen LogP contribution in [0.1, 0.15) is 25.3 Å². The second-order valence-electron chi connectivity index (χ2n) is 3.83. The minimum absolute atomic E-state index is 0.289. The van der Waals surface area contributed by atoms with Crippen LogP contribution in [0.15, 0.2) is 18.5 Å². The lowest BCUT2D eigenvalue weighted by Gasteiger charge is -2.11. The SMILES string of the molecule is CC(CCCO)NCc1ccn(C)c1. The second-order valence-corrected chi connectivity index (χ2v) is 3.83. The van der Waals surface area contributed by atoms with Gasteiger partial charge in [-0.15, -0.1) is 0 Å². The molecule has 3 nitrogen and oxygen atoms in total. The van der Waals surface area contributed by atoms with Gasteiger partial charge < -0.3 is 15.0 Å². The van der Waals surface area contributed by atoms with E-state index >= 15 is 0 Å². The Bertz CT molecular complexity index is 258. The minimum atomic E-state index is 0.289. The van der Waals surface area contributed by atoms with Gasteiger partial charge in [-0.2, -0.15) is 0 Å². The predicted octanol–water partition coefficient (Wildman–Crippen LogP) is 1.28.